The monoisotopic (exact) mass is 328 g/mol. The third-order valence-corrected chi connectivity index (χ3v) is 4.66. The minimum atomic E-state index is -0.384. The molecule has 1 aliphatic heterocycles. The van der Waals surface area contributed by atoms with Crippen LogP contribution in [-0.4, -0.2) is 40.6 Å². The summed E-state index contributed by atoms with van der Waals surface area (Å²) in [7, 11) is 0. The van der Waals surface area contributed by atoms with Crippen molar-refractivity contribution < 1.29 is 9.52 Å². The second kappa shape index (κ2) is 7.64. The Morgan fingerprint density at radius 2 is 1.96 bits per heavy atom. The van der Waals surface area contributed by atoms with Crippen LogP contribution in [-0.2, 0) is 13.1 Å². The van der Waals surface area contributed by atoms with Gasteiger partial charge in [0.1, 0.15) is 12.0 Å². The van der Waals surface area contributed by atoms with Crippen LogP contribution in [0.15, 0.2) is 51.9 Å². The Morgan fingerprint density at radius 3 is 2.71 bits per heavy atom. The van der Waals surface area contributed by atoms with Gasteiger partial charge in [-0.1, -0.05) is 30.3 Å². The molecule has 128 valence electrons. The Labute approximate surface area is 142 Å². The Bertz CT molecular complexity index is 714. The van der Waals surface area contributed by atoms with Crippen molar-refractivity contribution in [2.75, 3.05) is 19.6 Å². The molecule has 0 aliphatic carbocycles. The fourth-order valence-corrected chi connectivity index (χ4v) is 3.11. The molecule has 1 aromatic heterocycles. The van der Waals surface area contributed by atoms with Crippen molar-refractivity contribution in [3.8, 4) is 5.75 Å². The fourth-order valence-electron chi connectivity index (χ4n) is 3.11. The van der Waals surface area contributed by atoms with E-state index in [1.54, 1.807) is 0 Å². The Morgan fingerprint density at radius 1 is 1.17 bits per heavy atom. The summed E-state index contributed by atoms with van der Waals surface area (Å²) in [6, 6.07) is 12.4. The van der Waals surface area contributed by atoms with E-state index in [1.807, 2.05) is 6.07 Å². The maximum absolute atomic E-state index is 11.5. The molecule has 1 aliphatic rings. The van der Waals surface area contributed by atoms with Crippen LogP contribution in [0.2, 0.25) is 0 Å². The number of hydrogen-bond acceptors (Lipinski definition) is 5. The smallest absolute Gasteiger partial charge is 0.226 e. The quantitative estimate of drug-likeness (QED) is 0.934. The molecule has 2 aromatic rings. The van der Waals surface area contributed by atoms with E-state index in [4.69, 9.17) is 4.42 Å². The molecule has 1 aromatic carbocycles. The lowest BCUT2D eigenvalue weighted by Crippen LogP contribution is -2.34. The van der Waals surface area contributed by atoms with Crippen molar-refractivity contribution in [2.45, 2.75) is 32.5 Å². The van der Waals surface area contributed by atoms with E-state index in [0.29, 0.717) is 18.3 Å². The lowest BCUT2D eigenvalue weighted by atomic mass is 10.1. The van der Waals surface area contributed by atoms with Gasteiger partial charge in [-0.2, -0.15) is 0 Å². The maximum Gasteiger partial charge on any atom is 0.226 e. The maximum atomic E-state index is 11.5. The molecule has 0 bridgehead atoms. The third-order valence-electron chi connectivity index (χ3n) is 4.66. The van der Waals surface area contributed by atoms with Gasteiger partial charge in [0.15, 0.2) is 5.75 Å². The summed E-state index contributed by atoms with van der Waals surface area (Å²) < 4.78 is 5.33. The van der Waals surface area contributed by atoms with Gasteiger partial charge in [0.05, 0.1) is 6.54 Å². The molecular formula is C19H24N2O3. The first-order chi connectivity index (χ1) is 11.6. The number of hydrogen-bond donors (Lipinski definition) is 1. The van der Waals surface area contributed by atoms with Crippen LogP contribution in [0.3, 0.4) is 0 Å². The van der Waals surface area contributed by atoms with E-state index in [-0.39, 0.29) is 11.2 Å². The van der Waals surface area contributed by atoms with Crippen LogP contribution in [0.1, 0.15) is 24.7 Å². The molecule has 24 heavy (non-hydrogen) atoms. The molecule has 0 amide bonds. The second-order valence-electron chi connectivity index (χ2n) is 6.47. The van der Waals surface area contributed by atoms with Crippen LogP contribution >= 0.6 is 0 Å². The number of benzene rings is 1. The predicted octanol–water partition coefficient (Wildman–Crippen LogP) is 2.44. The molecule has 1 unspecified atom stereocenters. The lowest BCUT2D eigenvalue weighted by molar-refractivity contribution is 0.202. The van der Waals surface area contributed by atoms with Gasteiger partial charge in [-0.25, -0.2) is 0 Å². The lowest BCUT2D eigenvalue weighted by Gasteiger charge is -2.26. The zero-order valence-corrected chi connectivity index (χ0v) is 14.0. The van der Waals surface area contributed by atoms with Crippen LogP contribution in [0.5, 0.6) is 5.75 Å². The van der Waals surface area contributed by atoms with E-state index in [1.165, 1.54) is 11.6 Å². The Balaban J connectivity index is 1.61. The van der Waals surface area contributed by atoms with Crippen molar-refractivity contribution >= 4 is 0 Å². The molecule has 1 N–H and O–H groups in total. The first-order valence-electron chi connectivity index (χ1n) is 8.43. The first-order valence-corrected chi connectivity index (χ1v) is 8.43. The van der Waals surface area contributed by atoms with Crippen LogP contribution in [0.4, 0.5) is 0 Å². The minimum absolute atomic E-state index is 0.336. The number of aromatic hydroxyl groups is 1. The van der Waals surface area contributed by atoms with Gasteiger partial charge in [-0.05, 0) is 18.9 Å². The largest absolute Gasteiger partial charge is 0.502 e. The zero-order valence-electron chi connectivity index (χ0n) is 14.0. The van der Waals surface area contributed by atoms with Crippen molar-refractivity contribution in [1.29, 1.82) is 0 Å². The molecule has 5 heteroatoms. The number of rotatable bonds is 4. The molecule has 1 fully saturated rings. The van der Waals surface area contributed by atoms with E-state index >= 15 is 0 Å². The molecule has 1 atom stereocenters. The molecule has 0 spiro atoms. The van der Waals surface area contributed by atoms with Crippen molar-refractivity contribution in [2.24, 2.45) is 0 Å². The highest BCUT2D eigenvalue weighted by Gasteiger charge is 2.21. The van der Waals surface area contributed by atoms with Crippen LogP contribution in [0.25, 0.3) is 0 Å². The molecule has 3 rings (SSSR count). The second-order valence-corrected chi connectivity index (χ2v) is 6.47. The van der Waals surface area contributed by atoms with Crippen molar-refractivity contribution in [3.05, 3.63) is 64.2 Å². The van der Waals surface area contributed by atoms with E-state index in [0.717, 1.165) is 38.9 Å². The summed E-state index contributed by atoms with van der Waals surface area (Å²) in [5.41, 5.74) is 0.951. The highest BCUT2D eigenvalue weighted by Crippen LogP contribution is 2.16. The molecule has 1 saturated heterocycles. The SMILES string of the molecule is CC1CCN(Cc2cc(=O)c(O)co2)CCN1Cc1ccccc1. The zero-order chi connectivity index (χ0) is 16.9. The first kappa shape index (κ1) is 16.7. The average Bonchev–Trinajstić information content (AvgIpc) is 2.75. The van der Waals surface area contributed by atoms with Crippen molar-refractivity contribution in [3.63, 3.8) is 0 Å². The van der Waals surface area contributed by atoms with Gasteiger partial charge in [0.2, 0.25) is 5.43 Å². The summed E-state index contributed by atoms with van der Waals surface area (Å²) >= 11 is 0. The van der Waals surface area contributed by atoms with Gasteiger partial charge in [0, 0.05) is 38.3 Å². The van der Waals surface area contributed by atoms with E-state index < -0.39 is 0 Å². The highest BCUT2D eigenvalue weighted by molar-refractivity contribution is 5.16. The van der Waals surface area contributed by atoms with Gasteiger partial charge in [-0.3, -0.25) is 14.6 Å². The van der Waals surface area contributed by atoms with Gasteiger partial charge in [-0.15, -0.1) is 0 Å². The Hall–Kier alpha value is -2.11. The van der Waals surface area contributed by atoms with E-state index in [9.17, 15) is 9.90 Å². The average molecular weight is 328 g/mol. The molecule has 2 heterocycles. The highest BCUT2D eigenvalue weighted by atomic mass is 16.4. The minimum Gasteiger partial charge on any atom is -0.502 e. The topological polar surface area (TPSA) is 56.9 Å². The van der Waals surface area contributed by atoms with Crippen LogP contribution in [0, 0.1) is 0 Å². The molecule has 0 saturated carbocycles. The van der Waals surface area contributed by atoms with Gasteiger partial charge in [0.25, 0.3) is 0 Å². The standard InChI is InChI=1S/C19H24N2O3/c1-15-7-8-20(13-17-11-18(22)19(23)14-24-17)9-10-21(15)12-16-5-3-2-4-6-16/h2-6,11,14-15,23H,7-10,12-13H2,1H3. The normalized spacial score (nSPS) is 20.0. The molecular weight excluding hydrogens is 304 g/mol. The summed E-state index contributed by atoms with van der Waals surface area (Å²) in [6.07, 6.45) is 2.20. The molecule has 5 nitrogen and oxygen atoms in total. The third kappa shape index (κ3) is 4.24. The number of nitrogens with zero attached hydrogens (tertiary/aromatic N) is 2. The fraction of sp³-hybridized carbons (Fsp3) is 0.421. The Kier molecular flexibility index (Phi) is 5.33. The summed E-state index contributed by atoms with van der Waals surface area (Å²) in [4.78, 5) is 16.3. The predicted molar refractivity (Wildman–Crippen MR) is 92.9 cm³/mol. The van der Waals surface area contributed by atoms with Gasteiger partial charge < -0.3 is 9.52 Å². The van der Waals surface area contributed by atoms with Gasteiger partial charge >= 0.3 is 0 Å². The summed E-state index contributed by atoms with van der Waals surface area (Å²) in [5.74, 6) is 0.263. The molecule has 0 radical (unpaired) electrons. The van der Waals surface area contributed by atoms with Crippen molar-refractivity contribution in [1.82, 2.24) is 9.80 Å². The summed E-state index contributed by atoms with van der Waals surface area (Å²) in [6.45, 7) is 6.72. The van der Waals surface area contributed by atoms with E-state index in [2.05, 4.69) is 41.0 Å². The van der Waals surface area contributed by atoms with Crippen LogP contribution < -0.4 is 5.43 Å². The summed E-state index contributed by atoms with van der Waals surface area (Å²) in [5, 5.41) is 9.28.